The van der Waals surface area contributed by atoms with Crippen molar-refractivity contribution in [3.8, 4) is 11.3 Å². The van der Waals surface area contributed by atoms with Gasteiger partial charge in [0.15, 0.2) is 0 Å². The lowest BCUT2D eigenvalue weighted by Gasteiger charge is -2.31. The minimum absolute atomic E-state index is 0.0393. The number of aryl methyl sites for hydroxylation is 1. The van der Waals surface area contributed by atoms with E-state index in [4.69, 9.17) is 16.1 Å². The van der Waals surface area contributed by atoms with Crippen LogP contribution in [0.5, 0.6) is 0 Å². The molecule has 0 bridgehead atoms. The maximum absolute atomic E-state index is 13.3. The lowest BCUT2D eigenvalue weighted by molar-refractivity contribution is -0.898. The van der Waals surface area contributed by atoms with Crippen LogP contribution in [-0.2, 0) is 0 Å². The highest BCUT2D eigenvalue weighted by Gasteiger charge is 2.30. The van der Waals surface area contributed by atoms with Crippen molar-refractivity contribution in [1.82, 2.24) is 10.1 Å². The topological polar surface area (TPSA) is 50.8 Å². The lowest BCUT2D eigenvalue weighted by Crippen LogP contribution is -3.14. The number of benzene rings is 2. The van der Waals surface area contributed by atoms with Crippen molar-refractivity contribution in [3.63, 3.8) is 0 Å². The first kappa shape index (κ1) is 20.4. The fraction of sp³-hybridized carbons (Fsp3) is 0.250. The highest BCUT2D eigenvalue weighted by Crippen LogP contribution is 2.31. The molecule has 1 aromatic heterocycles. The zero-order valence-corrected chi connectivity index (χ0v) is 17.7. The van der Waals surface area contributed by atoms with Crippen molar-refractivity contribution in [2.45, 2.75) is 6.92 Å². The first-order chi connectivity index (χ1) is 14.6. The second kappa shape index (κ2) is 9.28. The largest absolute Gasteiger partial charge is 0.360 e. The van der Waals surface area contributed by atoms with Gasteiger partial charge >= 0.3 is 0 Å². The van der Waals surface area contributed by atoms with Gasteiger partial charge in [0, 0.05) is 5.56 Å². The summed E-state index contributed by atoms with van der Waals surface area (Å²) in [6, 6.07) is 17.7. The maximum Gasteiger partial charge on any atom is 0.260 e. The van der Waals surface area contributed by atoms with E-state index >= 15 is 0 Å². The number of hydrogen-bond acceptors (Lipinski definition) is 3. The Balaban J connectivity index is 1.40. The zero-order chi connectivity index (χ0) is 20.9. The molecule has 6 heteroatoms. The Morgan fingerprint density at radius 1 is 1.13 bits per heavy atom. The molecule has 0 aliphatic carbocycles. The number of quaternary nitrogens is 1. The molecule has 5 nitrogen and oxygen atoms in total. The van der Waals surface area contributed by atoms with E-state index in [0.29, 0.717) is 35.1 Å². The third-order valence-electron chi connectivity index (χ3n) is 5.48. The Hall–Kier alpha value is -2.89. The summed E-state index contributed by atoms with van der Waals surface area (Å²) in [5.41, 5.74) is 2.95. The van der Waals surface area contributed by atoms with Crippen LogP contribution in [0.3, 0.4) is 0 Å². The summed E-state index contributed by atoms with van der Waals surface area (Å²) in [5.74, 6) is 0.484. The molecule has 1 fully saturated rings. The van der Waals surface area contributed by atoms with Crippen LogP contribution >= 0.6 is 11.6 Å². The van der Waals surface area contributed by atoms with Crippen molar-refractivity contribution < 1.29 is 14.2 Å². The Morgan fingerprint density at radius 2 is 1.83 bits per heavy atom. The second-order valence-electron chi connectivity index (χ2n) is 7.50. The predicted molar refractivity (Wildman–Crippen MR) is 119 cm³/mol. The van der Waals surface area contributed by atoms with Crippen LogP contribution in [0.4, 0.5) is 0 Å². The summed E-state index contributed by atoms with van der Waals surface area (Å²) in [6.45, 7) is 5.97. The monoisotopic (exact) mass is 422 g/mol. The molecule has 1 aliphatic rings. The van der Waals surface area contributed by atoms with Gasteiger partial charge in [0.1, 0.15) is 17.0 Å². The number of halogens is 1. The van der Waals surface area contributed by atoms with Crippen molar-refractivity contribution in [3.05, 3.63) is 82.6 Å². The van der Waals surface area contributed by atoms with Crippen LogP contribution in [0.2, 0.25) is 5.02 Å². The van der Waals surface area contributed by atoms with Gasteiger partial charge in [-0.2, -0.15) is 0 Å². The Kier molecular flexibility index (Phi) is 6.31. The molecule has 0 spiro atoms. The molecule has 0 saturated carbocycles. The van der Waals surface area contributed by atoms with E-state index in [0.717, 1.165) is 25.2 Å². The Labute approximate surface area is 181 Å². The standard InChI is InChI=1S/C24H24ClN3O2/c1-18-22(23(26-30-18)20-11-5-6-12-21(20)25)24(29)28-16-14-27(15-17-28)13-7-10-19-8-3-2-4-9-19/h2-12H,13-17H2,1H3/p+1/b10-7+. The summed E-state index contributed by atoms with van der Waals surface area (Å²) < 4.78 is 5.36. The minimum Gasteiger partial charge on any atom is -0.360 e. The summed E-state index contributed by atoms with van der Waals surface area (Å²) >= 11 is 6.33. The summed E-state index contributed by atoms with van der Waals surface area (Å²) in [4.78, 5) is 16.6. The normalized spacial score (nSPS) is 15.1. The van der Waals surface area contributed by atoms with E-state index in [1.165, 1.54) is 10.5 Å². The van der Waals surface area contributed by atoms with Gasteiger partial charge in [0.25, 0.3) is 5.91 Å². The molecule has 2 aromatic carbocycles. The van der Waals surface area contributed by atoms with Crippen molar-refractivity contribution in [1.29, 1.82) is 0 Å². The number of aromatic nitrogens is 1. The fourth-order valence-corrected chi connectivity index (χ4v) is 4.00. The van der Waals surface area contributed by atoms with Gasteiger partial charge in [-0.1, -0.05) is 71.4 Å². The van der Waals surface area contributed by atoms with Crippen LogP contribution in [0.1, 0.15) is 21.7 Å². The average Bonchev–Trinajstić information content (AvgIpc) is 3.16. The van der Waals surface area contributed by atoms with Gasteiger partial charge in [0.05, 0.1) is 37.7 Å². The highest BCUT2D eigenvalue weighted by atomic mass is 35.5. The molecule has 154 valence electrons. The van der Waals surface area contributed by atoms with E-state index in [9.17, 15) is 4.79 Å². The summed E-state index contributed by atoms with van der Waals surface area (Å²) in [6.07, 6.45) is 4.36. The zero-order valence-electron chi connectivity index (χ0n) is 17.0. The molecular formula is C24H25ClN3O2+. The van der Waals surface area contributed by atoms with Crippen LogP contribution < -0.4 is 4.90 Å². The fourth-order valence-electron chi connectivity index (χ4n) is 3.78. The molecule has 4 rings (SSSR count). The molecule has 1 N–H and O–H groups in total. The van der Waals surface area contributed by atoms with E-state index in [1.807, 2.05) is 41.3 Å². The van der Waals surface area contributed by atoms with E-state index in [1.54, 1.807) is 13.0 Å². The van der Waals surface area contributed by atoms with Crippen LogP contribution in [0, 0.1) is 6.92 Å². The molecule has 0 unspecified atom stereocenters. The Morgan fingerprint density at radius 3 is 2.57 bits per heavy atom. The molecule has 30 heavy (non-hydrogen) atoms. The number of rotatable bonds is 5. The third-order valence-corrected chi connectivity index (χ3v) is 5.81. The first-order valence-corrected chi connectivity index (χ1v) is 10.6. The molecule has 0 radical (unpaired) electrons. The Bertz CT molecular complexity index is 1040. The number of amides is 1. The number of nitrogens with zero attached hydrogens (tertiary/aromatic N) is 2. The van der Waals surface area contributed by atoms with Gasteiger partial charge in [0.2, 0.25) is 0 Å². The number of nitrogens with one attached hydrogen (secondary N) is 1. The molecule has 1 aliphatic heterocycles. The number of piperazine rings is 1. The minimum atomic E-state index is -0.0393. The molecule has 2 heterocycles. The van der Waals surface area contributed by atoms with Crippen molar-refractivity contribution >= 4 is 23.6 Å². The SMILES string of the molecule is Cc1onc(-c2ccccc2Cl)c1C(=O)N1CC[NH+](C/C=C/c2ccccc2)CC1. The van der Waals surface area contributed by atoms with Crippen molar-refractivity contribution in [2.75, 3.05) is 32.7 Å². The molecule has 3 aromatic rings. The second-order valence-corrected chi connectivity index (χ2v) is 7.91. The maximum atomic E-state index is 13.3. The van der Waals surface area contributed by atoms with Gasteiger partial charge in [-0.15, -0.1) is 0 Å². The van der Waals surface area contributed by atoms with Crippen molar-refractivity contribution in [2.24, 2.45) is 0 Å². The average molecular weight is 423 g/mol. The quantitative estimate of drug-likeness (QED) is 0.686. The molecule has 0 atom stereocenters. The first-order valence-electron chi connectivity index (χ1n) is 10.2. The van der Waals surface area contributed by atoms with Gasteiger partial charge in [-0.05, 0) is 24.6 Å². The van der Waals surface area contributed by atoms with E-state index < -0.39 is 0 Å². The number of hydrogen-bond donors (Lipinski definition) is 1. The summed E-state index contributed by atoms with van der Waals surface area (Å²) in [5, 5.41) is 4.68. The third kappa shape index (κ3) is 4.48. The molecule has 1 amide bonds. The van der Waals surface area contributed by atoms with Crippen LogP contribution in [0.15, 0.2) is 65.2 Å². The van der Waals surface area contributed by atoms with Crippen LogP contribution in [0.25, 0.3) is 17.3 Å². The highest BCUT2D eigenvalue weighted by molar-refractivity contribution is 6.33. The number of carbonyl (C=O) groups excluding carboxylic acids is 1. The lowest BCUT2D eigenvalue weighted by atomic mass is 10.0. The molecular weight excluding hydrogens is 398 g/mol. The number of carbonyl (C=O) groups is 1. The van der Waals surface area contributed by atoms with E-state index in [-0.39, 0.29) is 5.91 Å². The van der Waals surface area contributed by atoms with Gasteiger partial charge in [-0.25, -0.2) is 0 Å². The molecule has 1 saturated heterocycles. The van der Waals surface area contributed by atoms with Gasteiger partial charge in [-0.3, -0.25) is 4.79 Å². The predicted octanol–water partition coefficient (Wildman–Crippen LogP) is 3.36. The van der Waals surface area contributed by atoms with E-state index in [2.05, 4.69) is 29.4 Å². The van der Waals surface area contributed by atoms with Gasteiger partial charge < -0.3 is 14.3 Å². The van der Waals surface area contributed by atoms with Crippen LogP contribution in [-0.4, -0.2) is 48.7 Å². The summed E-state index contributed by atoms with van der Waals surface area (Å²) in [7, 11) is 0. The smallest absolute Gasteiger partial charge is 0.260 e.